The van der Waals surface area contributed by atoms with E-state index in [9.17, 15) is 9.59 Å². The molecule has 0 fully saturated rings. The fourth-order valence-corrected chi connectivity index (χ4v) is 2.56. The molecule has 0 aliphatic rings. The maximum absolute atomic E-state index is 12.3. The van der Waals surface area contributed by atoms with Gasteiger partial charge in [-0.05, 0) is 42.5 Å². The molecule has 0 saturated heterocycles. The highest BCUT2D eigenvalue weighted by atomic mass is 79.9. The van der Waals surface area contributed by atoms with Gasteiger partial charge in [-0.1, -0.05) is 22.0 Å². The van der Waals surface area contributed by atoms with Crippen molar-refractivity contribution in [1.82, 2.24) is 4.98 Å². The average Bonchev–Trinajstić information content (AvgIpc) is 2.92. The predicted octanol–water partition coefficient (Wildman–Crippen LogP) is 3.67. The number of hydrogen-bond donors (Lipinski definition) is 4. The Hall–Kier alpha value is -2.80. The van der Waals surface area contributed by atoms with Crippen molar-refractivity contribution < 1.29 is 9.59 Å². The van der Waals surface area contributed by atoms with Crippen LogP contribution in [0.4, 0.5) is 16.2 Å². The molecule has 6 nitrogen and oxygen atoms in total. The van der Waals surface area contributed by atoms with Gasteiger partial charge in [0.1, 0.15) is 5.69 Å². The number of rotatable bonds is 3. The molecule has 3 rings (SSSR count). The van der Waals surface area contributed by atoms with Gasteiger partial charge in [0.15, 0.2) is 0 Å². The molecule has 0 unspecified atom stereocenters. The van der Waals surface area contributed by atoms with Crippen molar-refractivity contribution in [3.8, 4) is 0 Å². The number of aromatic amines is 1. The number of H-pyrrole nitrogens is 1. The molecule has 1 aromatic heterocycles. The summed E-state index contributed by atoms with van der Waals surface area (Å²) in [4.78, 5) is 26.1. The minimum absolute atomic E-state index is 0.243. The number of nitrogens with one attached hydrogen (secondary N) is 3. The third kappa shape index (κ3) is 3.51. The fraction of sp³-hybridized carbons (Fsp3) is 0. The smallest absolute Gasteiger partial charge is 0.316 e. The van der Waals surface area contributed by atoms with Gasteiger partial charge in [0.05, 0.1) is 0 Å². The van der Waals surface area contributed by atoms with Crippen LogP contribution in [0.15, 0.2) is 53.0 Å². The molecular weight excluding hydrogens is 360 g/mol. The Kier molecular flexibility index (Phi) is 4.03. The Labute approximate surface area is 140 Å². The molecular formula is C16H13BrN4O2. The lowest BCUT2D eigenvalue weighted by Crippen LogP contribution is -2.19. The summed E-state index contributed by atoms with van der Waals surface area (Å²) in [5, 5.41) is 6.20. The van der Waals surface area contributed by atoms with Crippen LogP contribution < -0.4 is 16.4 Å². The van der Waals surface area contributed by atoms with E-state index in [0.29, 0.717) is 17.1 Å². The van der Waals surface area contributed by atoms with Crippen LogP contribution in [0.3, 0.4) is 0 Å². The molecule has 0 saturated carbocycles. The van der Waals surface area contributed by atoms with E-state index in [1.165, 1.54) is 0 Å². The van der Waals surface area contributed by atoms with Gasteiger partial charge in [-0.25, -0.2) is 4.79 Å². The van der Waals surface area contributed by atoms with Gasteiger partial charge < -0.3 is 21.4 Å². The van der Waals surface area contributed by atoms with Gasteiger partial charge in [0.2, 0.25) is 0 Å². The lowest BCUT2D eigenvalue weighted by molar-refractivity contribution is 0.102. The summed E-state index contributed by atoms with van der Waals surface area (Å²) in [5.41, 5.74) is 7.57. The largest absolute Gasteiger partial charge is 0.351 e. The fourth-order valence-electron chi connectivity index (χ4n) is 2.20. The highest BCUT2D eigenvalue weighted by Gasteiger charge is 2.10. The number of hydrogen-bond acceptors (Lipinski definition) is 2. The topological polar surface area (TPSA) is 100 Å². The van der Waals surface area contributed by atoms with Crippen LogP contribution in [0.1, 0.15) is 10.5 Å². The maximum Gasteiger partial charge on any atom is 0.316 e. The van der Waals surface area contributed by atoms with Crippen LogP contribution in [0.5, 0.6) is 0 Å². The Morgan fingerprint density at radius 1 is 0.957 bits per heavy atom. The van der Waals surface area contributed by atoms with Crippen molar-refractivity contribution in [2.45, 2.75) is 0 Å². The van der Waals surface area contributed by atoms with Crippen LogP contribution in [0.2, 0.25) is 0 Å². The monoisotopic (exact) mass is 372 g/mol. The summed E-state index contributed by atoms with van der Waals surface area (Å²) in [6.45, 7) is 0. The van der Waals surface area contributed by atoms with E-state index < -0.39 is 6.03 Å². The molecule has 0 spiro atoms. The molecule has 7 heteroatoms. The van der Waals surface area contributed by atoms with Gasteiger partial charge >= 0.3 is 6.03 Å². The van der Waals surface area contributed by atoms with E-state index in [2.05, 4.69) is 31.5 Å². The minimum atomic E-state index is -0.633. The molecule has 3 aromatic rings. The van der Waals surface area contributed by atoms with Crippen LogP contribution in [-0.2, 0) is 0 Å². The molecule has 0 atom stereocenters. The van der Waals surface area contributed by atoms with Gasteiger partial charge in [-0.2, -0.15) is 0 Å². The summed E-state index contributed by atoms with van der Waals surface area (Å²) < 4.78 is 0.941. The van der Waals surface area contributed by atoms with E-state index in [1.807, 2.05) is 18.2 Å². The maximum atomic E-state index is 12.3. The van der Waals surface area contributed by atoms with Crippen LogP contribution >= 0.6 is 15.9 Å². The second-order valence-electron chi connectivity index (χ2n) is 4.94. The third-order valence-corrected chi connectivity index (χ3v) is 3.73. The zero-order chi connectivity index (χ0) is 16.4. The SMILES string of the molecule is NC(=O)Nc1ccc(NC(=O)c2cc3ccc(Br)cc3[nH]2)cc1. The van der Waals surface area contributed by atoms with Crippen LogP contribution in [-0.4, -0.2) is 16.9 Å². The van der Waals surface area contributed by atoms with Crippen molar-refractivity contribution in [3.05, 3.63) is 58.7 Å². The van der Waals surface area contributed by atoms with Crippen LogP contribution in [0.25, 0.3) is 10.9 Å². The summed E-state index contributed by atoms with van der Waals surface area (Å²) in [6, 6.07) is 13.6. The molecule has 0 bridgehead atoms. The standard InChI is InChI=1S/C16H13BrN4O2/c17-10-2-1-9-7-14(21-13(9)8-10)15(22)19-11-3-5-12(6-4-11)20-16(18)23/h1-8,21H,(H,19,22)(H3,18,20,23). The normalized spacial score (nSPS) is 10.5. The number of nitrogens with two attached hydrogens (primary N) is 1. The number of aromatic nitrogens is 1. The highest BCUT2D eigenvalue weighted by Crippen LogP contribution is 2.21. The highest BCUT2D eigenvalue weighted by molar-refractivity contribution is 9.10. The summed E-state index contributed by atoms with van der Waals surface area (Å²) in [6.07, 6.45) is 0. The number of primary amides is 1. The van der Waals surface area contributed by atoms with E-state index in [-0.39, 0.29) is 5.91 Å². The first-order valence-corrected chi connectivity index (χ1v) is 7.57. The number of carbonyl (C=O) groups excluding carboxylic acids is 2. The number of benzene rings is 2. The van der Waals surface area contributed by atoms with E-state index >= 15 is 0 Å². The first-order chi connectivity index (χ1) is 11.0. The Morgan fingerprint density at radius 3 is 2.26 bits per heavy atom. The van der Waals surface area contributed by atoms with Crippen molar-refractivity contribution in [1.29, 1.82) is 0 Å². The summed E-state index contributed by atoms with van der Waals surface area (Å²) in [5.74, 6) is -0.243. The summed E-state index contributed by atoms with van der Waals surface area (Å²) >= 11 is 3.40. The Bertz CT molecular complexity index is 887. The molecule has 1 heterocycles. The quantitative estimate of drug-likeness (QED) is 0.563. The minimum Gasteiger partial charge on any atom is -0.351 e. The third-order valence-electron chi connectivity index (χ3n) is 3.24. The molecule has 0 aliphatic carbocycles. The predicted molar refractivity (Wildman–Crippen MR) is 93.6 cm³/mol. The molecule has 0 radical (unpaired) electrons. The van der Waals surface area contributed by atoms with Crippen LogP contribution in [0, 0.1) is 0 Å². The molecule has 2 aromatic carbocycles. The average molecular weight is 373 g/mol. The molecule has 3 amide bonds. The number of amides is 3. The number of fused-ring (bicyclic) bond motifs is 1. The van der Waals surface area contributed by atoms with E-state index in [1.54, 1.807) is 30.3 Å². The zero-order valence-corrected chi connectivity index (χ0v) is 13.5. The lowest BCUT2D eigenvalue weighted by atomic mass is 10.2. The summed E-state index contributed by atoms with van der Waals surface area (Å²) in [7, 11) is 0. The first-order valence-electron chi connectivity index (χ1n) is 6.77. The van der Waals surface area contributed by atoms with Gasteiger partial charge in [0.25, 0.3) is 5.91 Å². The molecule has 116 valence electrons. The Balaban J connectivity index is 1.76. The zero-order valence-electron chi connectivity index (χ0n) is 11.9. The molecule has 23 heavy (non-hydrogen) atoms. The second-order valence-corrected chi connectivity index (χ2v) is 5.85. The van der Waals surface area contributed by atoms with Crippen molar-refractivity contribution >= 4 is 50.1 Å². The Morgan fingerprint density at radius 2 is 1.61 bits per heavy atom. The van der Waals surface area contributed by atoms with Crippen molar-refractivity contribution in [2.24, 2.45) is 5.73 Å². The number of anilines is 2. The van der Waals surface area contributed by atoms with Crippen molar-refractivity contribution in [3.63, 3.8) is 0 Å². The van der Waals surface area contributed by atoms with Gasteiger partial charge in [-0.15, -0.1) is 0 Å². The number of urea groups is 1. The molecule has 5 N–H and O–H groups in total. The van der Waals surface area contributed by atoms with E-state index in [4.69, 9.17) is 5.73 Å². The van der Waals surface area contributed by atoms with Gasteiger partial charge in [-0.3, -0.25) is 4.79 Å². The van der Waals surface area contributed by atoms with Crippen molar-refractivity contribution in [2.75, 3.05) is 10.6 Å². The number of halogens is 1. The second kappa shape index (κ2) is 6.13. The molecule has 0 aliphatic heterocycles. The van der Waals surface area contributed by atoms with Gasteiger partial charge in [0, 0.05) is 26.8 Å². The lowest BCUT2D eigenvalue weighted by Gasteiger charge is -2.05. The first kappa shape index (κ1) is 15.1. The number of carbonyl (C=O) groups is 2. The van der Waals surface area contributed by atoms with E-state index in [0.717, 1.165) is 15.4 Å².